The lowest BCUT2D eigenvalue weighted by atomic mass is 10.3. The van der Waals surface area contributed by atoms with Gasteiger partial charge in [-0.2, -0.15) is 0 Å². The zero-order valence-electron chi connectivity index (χ0n) is 9.43. The van der Waals surface area contributed by atoms with E-state index in [0.717, 1.165) is 0 Å². The Balaban J connectivity index is 0.00000256. The Hall–Kier alpha value is -1.33. The minimum atomic E-state index is -0.871. The standard InChI is InChI=1S/C11H14FNO3.ClH/c1-13(8-11(14)15)6-7-16-10-4-2-9(12)3-5-10;/h2-5H,6-8H2,1H3,(H,14,15);1H. The Morgan fingerprint density at radius 2 is 2.00 bits per heavy atom. The van der Waals surface area contributed by atoms with E-state index in [-0.39, 0.29) is 24.8 Å². The molecule has 6 heteroatoms. The third kappa shape index (κ3) is 6.76. The highest BCUT2D eigenvalue weighted by atomic mass is 35.5. The van der Waals surface area contributed by atoms with Gasteiger partial charge in [0.15, 0.2) is 0 Å². The number of ether oxygens (including phenoxy) is 1. The molecule has 1 aromatic rings. The molecule has 17 heavy (non-hydrogen) atoms. The number of carboxylic acids is 1. The van der Waals surface area contributed by atoms with Gasteiger partial charge in [0, 0.05) is 6.54 Å². The second kappa shape index (κ2) is 7.86. The molecule has 0 radical (unpaired) electrons. The monoisotopic (exact) mass is 263 g/mol. The first-order valence-electron chi connectivity index (χ1n) is 4.86. The van der Waals surface area contributed by atoms with Crippen LogP contribution in [0.5, 0.6) is 5.75 Å². The molecule has 1 aromatic carbocycles. The SMILES string of the molecule is CN(CCOc1ccc(F)cc1)CC(=O)O.Cl. The van der Waals surface area contributed by atoms with E-state index in [1.165, 1.54) is 24.3 Å². The molecule has 0 aliphatic carbocycles. The molecule has 0 saturated heterocycles. The number of likely N-dealkylation sites (N-methyl/N-ethyl adjacent to an activating group) is 1. The maximum Gasteiger partial charge on any atom is 0.317 e. The van der Waals surface area contributed by atoms with Crippen LogP contribution in [0.2, 0.25) is 0 Å². The fraction of sp³-hybridized carbons (Fsp3) is 0.364. The van der Waals surface area contributed by atoms with E-state index in [9.17, 15) is 9.18 Å². The summed E-state index contributed by atoms with van der Waals surface area (Å²) in [5.74, 6) is -0.607. The summed E-state index contributed by atoms with van der Waals surface area (Å²) < 4.78 is 17.9. The van der Waals surface area contributed by atoms with Crippen molar-refractivity contribution in [2.45, 2.75) is 0 Å². The molecule has 96 valence electrons. The number of carbonyl (C=O) groups is 1. The van der Waals surface area contributed by atoms with Gasteiger partial charge in [-0.25, -0.2) is 4.39 Å². The van der Waals surface area contributed by atoms with Crippen molar-refractivity contribution < 1.29 is 19.0 Å². The summed E-state index contributed by atoms with van der Waals surface area (Å²) in [5.41, 5.74) is 0. The Bertz CT molecular complexity index is 345. The van der Waals surface area contributed by atoms with Gasteiger partial charge in [-0.15, -0.1) is 12.4 Å². The minimum absolute atomic E-state index is 0. The first-order chi connectivity index (χ1) is 7.58. The fourth-order valence-corrected chi connectivity index (χ4v) is 1.16. The average molecular weight is 264 g/mol. The van der Waals surface area contributed by atoms with Gasteiger partial charge in [0.05, 0.1) is 6.54 Å². The summed E-state index contributed by atoms with van der Waals surface area (Å²) in [6, 6.07) is 5.70. The molecule has 0 aliphatic rings. The summed E-state index contributed by atoms with van der Waals surface area (Å²) in [4.78, 5) is 12.0. The van der Waals surface area contributed by atoms with Crippen molar-refractivity contribution in [1.82, 2.24) is 4.90 Å². The highest BCUT2D eigenvalue weighted by Gasteiger charge is 2.03. The largest absolute Gasteiger partial charge is 0.492 e. The third-order valence-corrected chi connectivity index (χ3v) is 1.96. The van der Waals surface area contributed by atoms with Crippen LogP contribution in [0.1, 0.15) is 0 Å². The lowest BCUT2D eigenvalue weighted by Gasteiger charge is -2.14. The number of aliphatic carboxylic acids is 1. The first kappa shape index (κ1) is 15.7. The molecule has 0 fully saturated rings. The number of hydrogen-bond donors (Lipinski definition) is 1. The summed E-state index contributed by atoms with van der Waals surface area (Å²) in [6.45, 7) is 0.853. The zero-order chi connectivity index (χ0) is 12.0. The number of rotatable bonds is 6. The first-order valence-corrected chi connectivity index (χ1v) is 4.86. The second-order valence-electron chi connectivity index (χ2n) is 3.43. The molecular formula is C11H15ClFNO3. The van der Waals surface area contributed by atoms with Crippen molar-refractivity contribution in [3.63, 3.8) is 0 Å². The number of nitrogens with zero attached hydrogens (tertiary/aromatic N) is 1. The van der Waals surface area contributed by atoms with E-state index in [2.05, 4.69) is 0 Å². The number of benzene rings is 1. The van der Waals surface area contributed by atoms with Gasteiger partial charge in [-0.05, 0) is 31.3 Å². The minimum Gasteiger partial charge on any atom is -0.492 e. The highest BCUT2D eigenvalue weighted by Crippen LogP contribution is 2.10. The smallest absolute Gasteiger partial charge is 0.317 e. The highest BCUT2D eigenvalue weighted by molar-refractivity contribution is 5.85. The van der Waals surface area contributed by atoms with Gasteiger partial charge in [0.25, 0.3) is 0 Å². The van der Waals surface area contributed by atoms with Crippen LogP contribution in [0.4, 0.5) is 4.39 Å². The molecular weight excluding hydrogens is 249 g/mol. The van der Waals surface area contributed by atoms with E-state index in [4.69, 9.17) is 9.84 Å². The summed E-state index contributed by atoms with van der Waals surface area (Å²) in [7, 11) is 1.70. The molecule has 1 N–H and O–H groups in total. The predicted molar refractivity (Wildman–Crippen MR) is 64.3 cm³/mol. The molecule has 0 aliphatic heterocycles. The van der Waals surface area contributed by atoms with Gasteiger partial charge < -0.3 is 9.84 Å². The van der Waals surface area contributed by atoms with Gasteiger partial charge in [-0.1, -0.05) is 0 Å². The average Bonchev–Trinajstić information content (AvgIpc) is 2.20. The Kier molecular flexibility index (Phi) is 7.25. The Morgan fingerprint density at radius 3 is 2.53 bits per heavy atom. The van der Waals surface area contributed by atoms with E-state index in [0.29, 0.717) is 18.9 Å². The predicted octanol–water partition coefficient (Wildman–Crippen LogP) is 1.64. The van der Waals surface area contributed by atoms with Gasteiger partial charge in [0.2, 0.25) is 0 Å². The molecule has 0 atom stereocenters. The lowest BCUT2D eigenvalue weighted by Crippen LogP contribution is -2.29. The van der Waals surface area contributed by atoms with Gasteiger partial charge >= 0.3 is 5.97 Å². The second-order valence-corrected chi connectivity index (χ2v) is 3.43. The van der Waals surface area contributed by atoms with Crippen LogP contribution in [0.15, 0.2) is 24.3 Å². The van der Waals surface area contributed by atoms with Crippen molar-refractivity contribution in [3.05, 3.63) is 30.1 Å². The van der Waals surface area contributed by atoms with E-state index >= 15 is 0 Å². The quantitative estimate of drug-likeness (QED) is 0.848. The van der Waals surface area contributed by atoms with E-state index in [1.807, 2.05) is 0 Å². The van der Waals surface area contributed by atoms with Crippen LogP contribution in [0.3, 0.4) is 0 Å². The molecule has 1 rings (SSSR count). The lowest BCUT2D eigenvalue weighted by molar-refractivity contribution is -0.138. The maximum absolute atomic E-state index is 12.6. The molecule has 4 nitrogen and oxygen atoms in total. The van der Waals surface area contributed by atoms with Crippen molar-refractivity contribution >= 4 is 18.4 Å². The van der Waals surface area contributed by atoms with Crippen LogP contribution in [0, 0.1) is 5.82 Å². The zero-order valence-corrected chi connectivity index (χ0v) is 10.2. The number of carboxylic acid groups (broad SMARTS) is 1. The Morgan fingerprint density at radius 1 is 1.41 bits per heavy atom. The van der Waals surface area contributed by atoms with Crippen molar-refractivity contribution in [2.24, 2.45) is 0 Å². The normalized spacial score (nSPS) is 9.82. The maximum atomic E-state index is 12.6. The van der Waals surface area contributed by atoms with Gasteiger partial charge in [-0.3, -0.25) is 9.69 Å². The van der Waals surface area contributed by atoms with Crippen LogP contribution in [0.25, 0.3) is 0 Å². The van der Waals surface area contributed by atoms with Crippen molar-refractivity contribution in [2.75, 3.05) is 26.7 Å². The van der Waals surface area contributed by atoms with Gasteiger partial charge in [0.1, 0.15) is 18.2 Å². The molecule has 0 spiro atoms. The van der Waals surface area contributed by atoms with Crippen LogP contribution in [-0.4, -0.2) is 42.7 Å². The number of halogens is 2. The Labute approximate surface area is 105 Å². The van der Waals surface area contributed by atoms with E-state index in [1.54, 1.807) is 11.9 Å². The van der Waals surface area contributed by atoms with Crippen molar-refractivity contribution in [3.8, 4) is 5.75 Å². The summed E-state index contributed by atoms with van der Waals surface area (Å²) >= 11 is 0. The molecule has 0 unspecified atom stereocenters. The molecule has 0 heterocycles. The molecule has 0 saturated carbocycles. The third-order valence-electron chi connectivity index (χ3n) is 1.96. The van der Waals surface area contributed by atoms with Crippen molar-refractivity contribution in [1.29, 1.82) is 0 Å². The van der Waals surface area contributed by atoms with E-state index < -0.39 is 5.97 Å². The van der Waals surface area contributed by atoms with Crippen LogP contribution >= 0.6 is 12.4 Å². The topological polar surface area (TPSA) is 49.8 Å². The number of hydrogen-bond acceptors (Lipinski definition) is 3. The molecule has 0 aromatic heterocycles. The molecule has 0 bridgehead atoms. The summed E-state index contributed by atoms with van der Waals surface area (Å²) in [5, 5.41) is 8.51. The summed E-state index contributed by atoms with van der Waals surface area (Å²) in [6.07, 6.45) is 0. The fourth-order valence-electron chi connectivity index (χ4n) is 1.16. The molecule has 0 amide bonds. The van der Waals surface area contributed by atoms with Crippen LogP contribution < -0.4 is 4.74 Å². The van der Waals surface area contributed by atoms with Crippen LogP contribution in [-0.2, 0) is 4.79 Å².